The molecule has 1 unspecified atom stereocenters. The maximum Gasteiger partial charge on any atom is 0.129 e. The van der Waals surface area contributed by atoms with Crippen LogP contribution in [0.4, 0.5) is 5.82 Å². The first-order valence-electron chi connectivity index (χ1n) is 8.35. The van der Waals surface area contributed by atoms with Gasteiger partial charge in [-0.1, -0.05) is 6.92 Å². The largest absolute Gasteiger partial charge is 0.381 e. The van der Waals surface area contributed by atoms with E-state index in [1.165, 1.54) is 11.3 Å². The molecule has 1 atom stereocenters. The van der Waals surface area contributed by atoms with Gasteiger partial charge in [0.1, 0.15) is 12.1 Å². The number of nitrogens with one attached hydrogen (secondary N) is 1. The van der Waals surface area contributed by atoms with Gasteiger partial charge in [-0.05, 0) is 32.3 Å². The molecule has 0 aliphatic carbocycles. The van der Waals surface area contributed by atoms with Gasteiger partial charge in [0.2, 0.25) is 0 Å². The van der Waals surface area contributed by atoms with Gasteiger partial charge in [-0.15, -0.1) is 0 Å². The first-order chi connectivity index (χ1) is 11.2. The normalized spacial score (nSPS) is 17.6. The van der Waals surface area contributed by atoms with E-state index < -0.39 is 0 Å². The molecule has 1 N–H and O–H groups in total. The Balaban J connectivity index is 1.59. The summed E-state index contributed by atoms with van der Waals surface area (Å²) in [5.41, 5.74) is 4.82. The lowest BCUT2D eigenvalue weighted by Gasteiger charge is -2.10. The standard InChI is InChI=1S/C17H25N5O/c1-4-15-12(2)21-22(13(15)3)7-6-18-17-9-16(19-11-20-17)14-5-8-23-10-14/h9,11,14H,4-8,10H2,1-3H3,(H,18,19,20). The van der Waals surface area contributed by atoms with Crippen molar-refractivity contribution < 1.29 is 4.74 Å². The number of aromatic nitrogens is 4. The minimum atomic E-state index is 0.404. The molecule has 0 bridgehead atoms. The van der Waals surface area contributed by atoms with Gasteiger partial charge in [0.15, 0.2) is 0 Å². The third-order valence-corrected chi connectivity index (χ3v) is 4.55. The van der Waals surface area contributed by atoms with Gasteiger partial charge in [0.25, 0.3) is 0 Å². The zero-order valence-corrected chi connectivity index (χ0v) is 14.2. The molecule has 0 aromatic carbocycles. The van der Waals surface area contributed by atoms with Crippen LogP contribution in [0.3, 0.4) is 0 Å². The predicted molar refractivity (Wildman–Crippen MR) is 89.8 cm³/mol. The third-order valence-electron chi connectivity index (χ3n) is 4.55. The Labute approximate surface area is 137 Å². The second-order valence-electron chi connectivity index (χ2n) is 6.04. The van der Waals surface area contributed by atoms with Crippen LogP contribution >= 0.6 is 0 Å². The maximum atomic E-state index is 5.44. The molecule has 6 nitrogen and oxygen atoms in total. The summed E-state index contributed by atoms with van der Waals surface area (Å²) in [6, 6.07) is 2.04. The van der Waals surface area contributed by atoms with Crippen molar-refractivity contribution in [1.82, 2.24) is 19.7 Å². The molecule has 23 heavy (non-hydrogen) atoms. The van der Waals surface area contributed by atoms with Crippen LogP contribution in [0.5, 0.6) is 0 Å². The average Bonchev–Trinajstić information content (AvgIpc) is 3.17. The second kappa shape index (κ2) is 7.08. The summed E-state index contributed by atoms with van der Waals surface area (Å²) in [5.74, 6) is 1.28. The molecule has 3 heterocycles. The molecule has 0 radical (unpaired) electrons. The predicted octanol–water partition coefficient (Wildman–Crippen LogP) is 2.47. The zero-order chi connectivity index (χ0) is 16.2. The molecular formula is C17H25N5O. The van der Waals surface area contributed by atoms with E-state index in [2.05, 4.69) is 45.8 Å². The molecule has 1 saturated heterocycles. The van der Waals surface area contributed by atoms with Crippen LogP contribution in [-0.4, -0.2) is 39.5 Å². The summed E-state index contributed by atoms with van der Waals surface area (Å²) in [5, 5.41) is 8.00. The van der Waals surface area contributed by atoms with E-state index in [1.807, 2.05) is 6.07 Å². The number of anilines is 1. The number of nitrogens with zero attached hydrogens (tertiary/aromatic N) is 4. The van der Waals surface area contributed by atoms with Gasteiger partial charge in [-0.2, -0.15) is 5.10 Å². The zero-order valence-electron chi connectivity index (χ0n) is 14.2. The van der Waals surface area contributed by atoms with Gasteiger partial charge < -0.3 is 10.1 Å². The van der Waals surface area contributed by atoms with Crippen molar-refractivity contribution in [3.63, 3.8) is 0 Å². The number of hydrogen-bond donors (Lipinski definition) is 1. The highest BCUT2D eigenvalue weighted by Gasteiger charge is 2.19. The number of rotatable bonds is 6. The Hall–Kier alpha value is -1.95. The van der Waals surface area contributed by atoms with Crippen LogP contribution in [0.25, 0.3) is 0 Å². The molecule has 6 heteroatoms. The van der Waals surface area contributed by atoms with E-state index in [0.29, 0.717) is 5.92 Å². The quantitative estimate of drug-likeness (QED) is 0.887. The Morgan fingerprint density at radius 3 is 2.91 bits per heavy atom. The van der Waals surface area contributed by atoms with Crippen molar-refractivity contribution >= 4 is 5.82 Å². The fraction of sp³-hybridized carbons (Fsp3) is 0.588. The van der Waals surface area contributed by atoms with Crippen LogP contribution in [0.15, 0.2) is 12.4 Å². The number of ether oxygens (including phenoxy) is 1. The summed E-state index contributed by atoms with van der Waals surface area (Å²) < 4.78 is 7.51. The summed E-state index contributed by atoms with van der Waals surface area (Å²) >= 11 is 0. The summed E-state index contributed by atoms with van der Waals surface area (Å²) in [7, 11) is 0. The monoisotopic (exact) mass is 315 g/mol. The molecule has 1 aliphatic heterocycles. The average molecular weight is 315 g/mol. The second-order valence-corrected chi connectivity index (χ2v) is 6.04. The molecular weight excluding hydrogens is 290 g/mol. The van der Waals surface area contributed by atoms with Gasteiger partial charge in [0, 0.05) is 30.8 Å². The van der Waals surface area contributed by atoms with E-state index in [9.17, 15) is 0 Å². The fourth-order valence-electron chi connectivity index (χ4n) is 3.21. The molecule has 124 valence electrons. The first kappa shape index (κ1) is 15.9. The summed E-state index contributed by atoms with van der Waals surface area (Å²) in [6.07, 6.45) is 3.71. The van der Waals surface area contributed by atoms with Crippen LogP contribution in [0.1, 0.15) is 41.9 Å². The molecule has 3 rings (SSSR count). The van der Waals surface area contributed by atoms with Gasteiger partial charge in [0.05, 0.1) is 24.5 Å². The van der Waals surface area contributed by atoms with Crippen molar-refractivity contribution in [2.24, 2.45) is 0 Å². The molecule has 0 saturated carbocycles. The SMILES string of the molecule is CCc1c(C)nn(CCNc2cc(C3CCOC3)ncn2)c1C. The molecule has 1 fully saturated rings. The lowest BCUT2D eigenvalue weighted by Crippen LogP contribution is -2.14. The molecule has 0 amide bonds. The van der Waals surface area contributed by atoms with Crippen molar-refractivity contribution in [3.8, 4) is 0 Å². The number of hydrogen-bond acceptors (Lipinski definition) is 5. The Kier molecular flexibility index (Phi) is 4.91. The summed E-state index contributed by atoms with van der Waals surface area (Å²) in [6.45, 7) is 9.62. The first-order valence-corrected chi connectivity index (χ1v) is 8.35. The minimum absolute atomic E-state index is 0.404. The van der Waals surface area contributed by atoms with E-state index in [4.69, 9.17) is 4.74 Å². The third kappa shape index (κ3) is 3.52. The highest BCUT2D eigenvalue weighted by Crippen LogP contribution is 2.24. The molecule has 2 aromatic rings. The van der Waals surface area contributed by atoms with E-state index in [1.54, 1.807) is 6.33 Å². The lowest BCUT2D eigenvalue weighted by atomic mass is 10.1. The van der Waals surface area contributed by atoms with E-state index in [0.717, 1.165) is 56.4 Å². The molecule has 0 spiro atoms. The smallest absolute Gasteiger partial charge is 0.129 e. The number of aryl methyl sites for hydroxylation is 1. The van der Waals surface area contributed by atoms with Crippen LogP contribution in [0, 0.1) is 13.8 Å². The lowest BCUT2D eigenvalue weighted by molar-refractivity contribution is 0.193. The van der Waals surface area contributed by atoms with Crippen molar-refractivity contribution in [2.45, 2.75) is 46.1 Å². The van der Waals surface area contributed by atoms with Gasteiger partial charge >= 0.3 is 0 Å². The van der Waals surface area contributed by atoms with Crippen LogP contribution < -0.4 is 5.32 Å². The Morgan fingerprint density at radius 1 is 1.35 bits per heavy atom. The fourth-order valence-corrected chi connectivity index (χ4v) is 3.21. The van der Waals surface area contributed by atoms with E-state index in [-0.39, 0.29) is 0 Å². The Morgan fingerprint density at radius 2 is 2.22 bits per heavy atom. The van der Waals surface area contributed by atoms with Crippen molar-refractivity contribution in [3.05, 3.63) is 35.0 Å². The Bertz CT molecular complexity index is 661. The molecule has 2 aromatic heterocycles. The van der Waals surface area contributed by atoms with Gasteiger partial charge in [-0.3, -0.25) is 4.68 Å². The molecule has 1 aliphatic rings. The maximum absolute atomic E-state index is 5.44. The van der Waals surface area contributed by atoms with Gasteiger partial charge in [-0.25, -0.2) is 9.97 Å². The van der Waals surface area contributed by atoms with Crippen molar-refractivity contribution in [1.29, 1.82) is 0 Å². The van der Waals surface area contributed by atoms with Crippen LogP contribution in [0.2, 0.25) is 0 Å². The van der Waals surface area contributed by atoms with Crippen molar-refractivity contribution in [2.75, 3.05) is 25.1 Å². The van der Waals surface area contributed by atoms with E-state index >= 15 is 0 Å². The topological polar surface area (TPSA) is 64.9 Å². The minimum Gasteiger partial charge on any atom is -0.381 e. The van der Waals surface area contributed by atoms with Crippen LogP contribution in [-0.2, 0) is 17.7 Å². The summed E-state index contributed by atoms with van der Waals surface area (Å²) in [4.78, 5) is 8.69. The highest BCUT2D eigenvalue weighted by molar-refractivity contribution is 5.36. The highest BCUT2D eigenvalue weighted by atomic mass is 16.5.